The molecule has 1 fully saturated rings. The number of halogens is 2. The summed E-state index contributed by atoms with van der Waals surface area (Å²) in [6, 6.07) is 12.8. The zero-order chi connectivity index (χ0) is 22.0. The van der Waals surface area contributed by atoms with Gasteiger partial charge in [0.05, 0.1) is 17.9 Å². The Balaban J connectivity index is 1.76. The number of nitrogens with zero attached hydrogens (tertiary/aromatic N) is 3. The number of rotatable bonds is 6. The number of hydrogen-bond donors (Lipinski definition) is 1. The fourth-order valence-electron chi connectivity index (χ4n) is 3.75. The monoisotopic (exact) mass is 455 g/mol. The summed E-state index contributed by atoms with van der Waals surface area (Å²) >= 11 is 12.5. The fourth-order valence-corrected chi connectivity index (χ4v) is 4.26. The molecule has 1 aromatic heterocycles. The van der Waals surface area contributed by atoms with E-state index in [1.807, 2.05) is 10.8 Å². The van der Waals surface area contributed by atoms with Gasteiger partial charge < -0.3 is 14.6 Å². The number of Topliss-reactive ketones (excluding diaryl/α,β-unsaturated/α-hetero) is 1. The lowest BCUT2D eigenvalue weighted by Gasteiger charge is -2.26. The van der Waals surface area contributed by atoms with Gasteiger partial charge in [0, 0.05) is 41.1 Å². The first-order chi connectivity index (χ1) is 15.0. The second-order valence-electron chi connectivity index (χ2n) is 7.18. The van der Waals surface area contributed by atoms with Crippen LogP contribution in [0.2, 0.25) is 10.0 Å². The van der Waals surface area contributed by atoms with Crippen molar-refractivity contribution in [3.63, 3.8) is 0 Å². The summed E-state index contributed by atoms with van der Waals surface area (Å²) in [4.78, 5) is 31.4. The fraction of sp³-hybridized carbons (Fsp3) is 0.174. The quantitative estimate of drug-likeness (QED) is 0.332. The van der Waals surface area contributed by atoms with Crippen molar-refractivity contribution in [3.05, 3.63) is 94.0 Å². The third-order valence-corrected chi connectivity index (χ3v) is 5.78. The van der Waals surface area contributed by atoms with Crippen LogP contribution >= 0.6 is 23.2 Å². The van der Waals surface area contributed by atoms with Crippen molar-refractivity contribution in [2.24, 2.45) is 0 Å². The van der Waals surface area contributed by atoms with E-state index in [2.05, 4.69) is 4.98 Å². The number of ketones is 1. The van der Waals surface area contributed by atoms with E-state index >= 15 is 0 Å². The number of aliphatic hydroxyl groups excluding tert-OH is 1. The smallest absolute Gasteiger partial charge is 0.295 e. The molecule has 1 unspecified atom stereocenters. The highest BCUT2D eigenvalue weighted by molar-refractivity contribution is 6.47. The Morgan fingerprint density at radius 2 is 1.84 bits per heavy atom. The van der Waals surface area contributed by atoms with Gasteiger partial charge in [-0.15, -0.1) is 0 Å². The Kier molecular flexibility index (Phi) is 6.11. The van der Waals surface area contributed by atoms with Crippen LogP contribution in [0.3, 0.4) is 0 Å². The third kappa shape index (κ3) is 4.22. The zero-order valence-electron chi connectivity index (χ0n) is 16.4. The first-order valence-electron chi connectivity index (χ1n) is 9.72. The van der Waals surface area contributed by atoms with Gasteiger partial charge in [-0.05, 0) is 24.1 Å². The number of carbonyl (C=O) groups is 2. The van der Waals surface area contributed by atoms with E-state index in [0.717, 1.165) is 0 Å². The lowest BCUT2D eigenvalue weighted by molar-refractivity contribution is -0.139. The maximum absolute atomic E-state index is 13.0. The van der Waals surface area contributed by atoms with Crippen LogP contribution in [0.4, 0.5) is 0 Å². The Labute approximate surface area is 189 Å². The molecule has 4 rings (SSSR count). The van der Waals surface area contributed by atoms with Gasteiger partial charge in [-0.3, -0.25) is 9.59 Å². The van der Waals surface area contributed by atoms with Crippen LogP contribution in [-0.2, 0) is 16.1 Å². The lowest BCUT2D eigenvalue weighted by atomic mass is 9.95. The molecule has 2 heterocycles. The summed E-state index contributed by atoms with van der Waals surface area (Å²) in [5.41, 5.74) is 1.00. The Morgan fingerprint density at radius 3 is 2.52 bits per heavy atom. The van der Waals surface area contributed by atoms with Crippen LogP contribution < -0.4 is 0 Å². The van der Waals surface area contributed by atoms with Crippen LogP contribution in [0, 0.1) is 0 Å². The minimum Gasteiger partial charge on any atom is -0.507 e. The standard InChI is InChI=1S/C23H19Cl2N3O3/c24-16-7-8-17(18(25)13-16)20-19(21(29)15-5-2-1-3-6-15)22(30)23(31)28(20)11-4-10-27-12-9-26-14-27/h1-3,5-9,12-14,20,29H,4,10-11H2/b21-19+. The SMILES string of the molecule is O=C1C(=O)N(CCCn2ccnc2)C(c2ccc(Cl)cc2Cl)/C1=C(\O)c1ccccc1. The summed E-state index contributed by atoms with van der Waals surface area (Å²) in [5, 5.41) is 11.7. The van der Waals surface area contributed by atoms with Crippen LogP contribution in [0.15, 0.2) is 72.8 Å². The number of carbonyl (C=O) groups excluding carboxylic acids is 2. The highest BCUT2D eigenvalue weighted by atomic mass is 35.5. The van der Waals surface area contributed by atoms with Gasteiger partial charge in [0.2, 0.25) is 0 Å². The molecule has 1 aliphatic rings. The summed E-state index contributed by atoms with van der Waals surface area (Å²) < 4.78 is 1.89. The molecule has 0 radical (unpaired) electrons. The molecule has 2 aromatic carbocycles. The molecule has 0 spiro atoms. The molecule has 0 saturated carbocycles. The number of imidazole rings is 1. The van der Waals surface area contributed by atoms with Gasteiger partial charge in [0.25, 0.3) is 11.7 Å². The second-order valence-corrected chi connectivity index (χ2v) is 8.02. The van der Waals surface area contributed by atoms with Crippen molar-refractivity contribution >= 4 is 40.7 Å². The minimum absolute atomic E-state index is 0.0167. The number of hydrogen-bond acceptors (Lipinski definition) is 4. The first kappa shape index (κ1) is 21.2. The molecular weight excluding hydrogens is 437 g/mol. The number of aryl methyl sites for hydroxylation is 1. The molecule has 0 bridgehead atoms. The maximum Gasteiger partial charge on any atom is 0.295 e. The maximum atomic E-state index is 13.0. The molecule has 31 heavy (non-hydrogen) atoms. The van der Waals surface area contributed by atoms with Crippen molar-refractivity contribution in [2.75, 3.05) is 6.54 Å². The molecular formula is C23H19Cl2N3O3. The average molecular weight is 456 g/mol. The van der Waals surface area contributed by atoms with Crippen molar-refractivity contribution in [1.29, 1.82) is 0 Å². The molecule has 8 heteroatoms. The van der Waals surface area contributed by atoms with E-state index in [1.165, 1.54) is 4.90 Å². The summed E-state index contributed by atoms with van der Waals surface area (Å²) in [6.07, 6.45) is 5.80. The Morgan fingerprint density at radius 1 is 1.06 bits per heavy atom. The van der Waals surface area contributed by atoms with Gasteiger partial charge in [0.1, 0.15) is 5.76 Å². The summed E-state index contributed by atoms with van der Waals surface area (Å²) in [5.74, 6) is -1.63. The number of aliphatic hydroxyl groups is 1. The van der Waals surface area contributed by atoms with E-state index in [9.17, 15) is 14.7 Å². The highest BCUT2D eigenvalue weighted by Crippen LogP contribution is 2.42. The highest BCUT2D eigenvalue weighted by Gasteiger charge is 2.46. The largest absolute Gasteiger partial charge is 0.507 e. The first-order valence-corrected chi connectivity index (χ1v) is 10.5. The van der Waals surface area contributed by atoms with Crippen molar-refractivity contribution in [1.82, 2.24) is 14.5 Å². The van der Waals surface area contributed by atoms with Gasteiger partial charge >= 0.3 is 0 Å². The van der Waals surface area contributed by atoms with Gasteiger partial charge in [-0.2, -0.15) is 0 Å². The molecule has 1 saturated heterocycles. The molecule has 1 atom stereocenters. The molecule has 3 aromatic rings. The predicted octanol–water partition coefficient (Wildman–Crippen LogP) is 4.70. The molecule has 0 aliphatic carbocycles. The number of amides is 1. The normalized spacial score (nSPS) is 18.0. The minimum atomic E-state index is -0.812. The van der Waals surface area contributed by atoms with E-state index < -0.39 is 17.7 Å². The van der Waals surface area contributed by atoms with Crippen LogP contribution in [0.25, 0.3) is 5.76 Å². The predicted molar refractivity (Wildman–Crippen MR) is 119 cm³/mol. The third-order valence-electron chi connectivity index (χ3n) is 5.22. The average Bonchev–Trinajstić information content (AvgIpc) is 3.36. The Bertz CT molecular complexity index is 1140. The van der Waals surface area contributed by atoms with Crippen LogP contribution in [-0.4, -0.2) is 37.8 Å². The van der Waals surface area contributed by atoms with E-state index in [-0.39, 0.29) is 11.3 Å². The number of likely N-dealkylation sites (tertiary alicyclic amines) is 1. The van der Waals surface area contributed by atoms with Gasteiger partial charge in [0.15, 0.2) is 0 Å². The van der Waals surface area contributed by atoms with Crippen molar-refractivity contribution < 1.29 is 14.7 Å². The van der Waals surface area contributed by atoms with E-state index in [1.54, 1.807) is 61.1 Å². The van der Waals surface area contributed by atoms with Gasteiger partial charge in [-0.1, -0.05) is 59.6 Å². The summed E-state index contributed by atoms with van der Waals surface area (Å²) in [6.45, 7) is 0.931. The van der Waals surface area contributed by atoms with Gasteiger partial charge in [-0.25, -0.2) is 4.98 Å². The van der Waals surface area contributed by atoms with Crippen LogP contribution in [0.1, 0.15) is 23.6 Å². The van der Waals surface area contributed by atoms with E-state index in [0.29, 0.717) is 40.7 Å². The number of aromatic nitrogens is 2. The summed E-state index contributed by atoms with van der Waals surface area (Å²) in [7, 11) is 0. The van der Waals surface area contributed by atoms with Crippen LogP contribution in [0.5, 0.6) is 0 Å². The molecule has 1 amide bonds. The zero-order valence-corrected chi connectivity index (χ0v) is 17.9. The topological polar surface area (TPSA) is 75.4 Å². The number of benzene rings is 2. The lowest BCUT2D eigenvalue weighted by Crippen LogP contribution is -2.31. The second kappa shape index (κ2) is 8.96. The molecule has 1 N–H and O–H groups in total. The molecule has 158 valence electrons. The van der Waals surface area contributed by atoms with Crippen molar-refractivity contribution in [3.8, 4) is 0 Å². The van der Waals surface area contributed by atoms with Crippen molar-refractivity contribution in [2.45, 2.75) is 19.0 Å². The Hall–Kier alpha value is -3.09. The molecule has 6 nitrogen and oxygen atoms in total. The van der Waals surface area contributed by atoms with E-state index in [4.69, 9.17) is 23.2 Å². The molecule has 1 aliphatic heterocycles.